The van der Waals surface area contributed by atoms with Gasteiger partial charge < -0.3 is 14.2 Å². The summed E-state index contributed by atoms with van der Waals surface area (Å²) >= 11 is 0. The number of para-hydroxylation sites is 3. The molecule has 0 spiro atoms. The van der Waals surface area contributed by atoms with Crippen molar-refractivity contribution in [3.63, 3.8) is 0 Å². The molecular weight excluding hydrogens is 687 g/mol. The smallest absolute Gasteiger partial charge is 0.197 e. The van der Waals surface area contributed by atoms with Crippen molar-refractivity contribution < 1.29 is 4.42 Å². The second kappa shape index (κ2) is 13.6. The van der Waals surface area contributed by atoms with Crippen molar-refractivity contribution >= 4 is 61.8 Å². The maximum atomic E-state index is 6.69. The quantitative estimate of drug-likeness (QED) is 0.163. The second-order valence-electron chi connectivity index (χ2n) is 15.8. The van der Waals surface area contributed by atoms with Gasteiger partial charge in [-0.3, -0.25) is 4.57 Å². The Hall–Kier alpha value is -6.66. The summed E-state index contributed by atoms with van der Waals surface area (Å²) in [4.78, 5) is 14.6. The average Bonchev–Trinajstić information content (AvgIpc) is 3.77. The van der Waals surface area contributed by atoms with Crippen LogP contribution in [-0.4, -0.2) is 20.6 Å². The molecule has 5 aromatic carbocycles. The maximum Gasteiger partial charge on any atom is 0.197 e. The van der Waals surface area contributed by atoms with Crippen LogP contribution < -0.4 is 9.80 Å². The van der Waals surface area contributed by atoms with Crippen LogP contribution in [0.4, 0.5) is 22.7 Å². The largest absolute Gasteiger partial charge is 0.450 e. The molecule has 6 nitrogen and oxygen atoms in total. The van der Waals surface area contributed by atoms with E-state index < -0.39 is 0 Å². The second-order valence-corrected chi connectivity index (χ2v) is 15.8. The van der Waals surface area contributed by atoms with Gasteiger partial charge in [0.25, 0.3) is 0 Å². The van der Waals surface area contributed by atoms with E-state index in [1.807, 2.05) is 0 Å². The summed E-state index contributed by atoms with van der Waals surface area (Å²) in [5, 5.41) is 2.19. The van der Waals surface area contributed by atoms with Gasteiger partial charge in [-0.05, 0) is 115 Å². The fraction of sp³-hybridized carbons (Fsp3) is 0.160. The fourth-order valence-electron chi connectivity index (χ4n) is 8.47. The van der Waals surface area contributed by atoms with Gasteiger partial charge >= 0.3 is 0 Å². The minimum atomic E-state index is -0.00708. The summed E-state index contributed by atoms with van der Waals surface area (Å²) in [6.45, 7) is 6.71. The summed E-state index contributed by atoms with van der Waals surface area (Å²) in [5.41, 5.74) is 12.7. The first-order valence-corrected chi connectivity index (χ1v) is 19.6. The summed E-state index contributed by atoms with van der Waals surface area (Å²) in [5.74, 6) is 0.742. The normalized spacial score (nSPS) is 15.3. The van der Waals surface area contributed by atoms with E-state index in [1.54, 1.807) is 6.33 Å². The lowest BCUT2D eigenvalue weighted by molar-refractivity contribution is 0.590. The molecule has 0 saturated heterocycles. The van der Waals surface area contributed by atoms with Gasteiger partial charge in [0.15, 0.2) is 11.4 Å². The van der Waals surface area contributed by atoms with Crippen LogP contribution in [0.3, 0.4) is 0 Å². The lowest BCUT2D eigenvalue weighted by Crippen LogP contribution is -2.36. The number of allylic oxidation sites excluding steroid dienone is 3. The molecular formula is C50H43N5O. The molecule has 10 rings (SSSR count). The van der Waals surface area contributed by atoms with Crippen molar-refractivity contribution in [2.45, 2.75) is 51.5 Å². The first-order valence-electron chi connectivity index (χ1n) is 19.6. The van der Waals surface area contributed by atoms with Crippen LogP contribution in [0, 0.1) is 0 Å². The zero-order chi connectivity index (χ0) is 37.8. The van der Waals surface area contributed by atoms with Gasteiger partial charge in [-0.25, -0.2) is 9.97 Å². The Bertz CT molecular complexity index is 2780. The number of hydrogen-bond donors (Lipinski definition) is 0. The average molecular weight is 730 g/mol. The zero-order valence-corrected chi connectivity index (χ0v) is 31.9. The molecule has 274 valence electrons. The van der Waals surface area contributed by atoms with E-state index in [4.69, 9.17) is 14.4 Å². The molecule has 0 saturated carbocycles. The van der Waals surface area contributed by atoms with Crippen molar-refractivity contribution in [1.82, 2.24) is 14.5 Å². The van der Waals surface area contributed by atoms with Gasteiger partial charge in [0.2, 0.25) is 0 Å². The highest BCUT2D eigenvalue weighted by molar-refractivity contribution is 6.06. The van der Waals surface area contributed by atoms with E-state index in [-0.39, 0.29) is 11.5 Å². The lowest BCUT2D eigenvalue weighted by atomic mass is 9.86. The molecule has 0 amide bonds. The number of furan rings is 1. The molecule has 56 heavy (non-hydrogen) atoms. The summed E-state index contributed by atoms with van der Waals surface area (Å²) in [6.07, 6.45) is 16.2. The Morgan fingerprint density at radius 3 is 2.09 bits per heavy atom. The molecule has 8 aromatic rings. The highest BCUT2D eigenvalue weighted by Crippen LogP contribution is 2.43. The molecule has 0 aliphatic heterocycles. The van der Waals surface area contributed by atoms with E-state index >= 15 is 0 Å². The molecule has 6 heteroatoms. The van der Waals surface area contributed by atoms with E-state index in [2.05, 4.69) is 193 Å². The highest BCUT2D eigenvalue weighted by atomic mass is 16.3. The van der Waals surface area contributed by atoms with Gasteiger partial charge in [-0.1, -0.05) is 99.7 Å². The standard InChI is InChI=1S/C50H43N5O/c1-50(2,3)34-24-29-46-43(30-34)47-48(56-46)49(52-33-51-47)55-44-27-25-39(53(35-16-8-4-9-17-35)36-18-10-5-11-19-36)31-41(44)42-32-40(26-28-45(42)55)54(37-20-12-6-13-21-37)38-22-14-7-15-23-38/h4-6,8-14,16-31,33,40H,7,15,32H2,1-3H3. The van der Waals surface area contributed by atoms with Crippen LogP contribution in [0.2, 0.25) is 0 Å². The molecule has 3 heterocycles. The van der Waals surface area contributed by atoms with Crippen molar-refractivity contribution in [3.8, 4) is 5.82 Å². The van der Waals surface area contributed by atoms with Crippen LogP contribution >= 0.6 is 0 Å². The zero-order valence-electron chi connectivity index (χ0n) is 31.9. The van der Waals surface area contributed by atoms with Crippen LogP contribution in [0.5, 0.6) is 0 Å². The molecule has 2 aliphatic carbocycles. The van der Waals surface area contributed by atoms with Gasteiger partial charge in [0.05, 0.1) is 17.3 Å². The molecule has 0 bridgehead atoms. The van der Waals surface area contributed by atoms with Gasteiger partial charge in [0.1, 0.15) is 17.4 Å². The van der Waals surface area contributed by atoms with E-state index in [1.165, 1.54) is 27.9 Å². The number of hydrogen-bond acceptors (Lipinski definition) is 5. The SMILES string of the molecule is CC(C)(C)c1ccc2oc3c(-n4c5c(c6cc(N(c7ccccc7)c7ccccc7)ccc64)CC(N(C4=CCCC=C4)c4ccccc4)C=C5)ncnc3c2c1. The minimum absolute atomic E-state index is 0.00708. The van der Waals surface area contributed by atoms with Crippen LogP contribution in [-0.2, 0) is 11.8 Å². The van der Waals surface area contributed by atoms with Crippen molar-refractivity contribution in [2.24, 2.45) is 0 Å². The third kappa shape index (κ3) is 5.80. The van der Waals surface area contributed by atoms with Crippen molar-refractivity contribution in [1.29, 1.82) is 0 Å². The van der Waals surface area contributed by atoms with Gasteiger partial charge in [0, 0.05) is 39.2 Å². The molecule has 1 atom stereocenters. The molecule has 2 aliphatic rings. The molecule has 3 aromatic heterocycles. The summed E-state index contributed by atoms with van der Waals surface area (Å²) in [6, 6.07) is 45.4. The third-order valence-electron chi connectivity index (χ3n) is 11.2. The number of rotatable bonds is 7. The first kappa shape index (κ1) is 33.9. The minimum Gasteiger partial charge on any atom is -0.450 e. The molecule has 1 unspecified atom stereocenters. The Labute approximate surface area is 327 Å². The number of fused-ring (bicyclic) bond motifs is 6. The molecule has 0 fully saturated rings. The fourth-order valence-corrected chi connectivity index (χ4v) is 8.47. The monoisotopic (exact) mass is 729 g/mol. The predicted molar refractivity (Wildman–Crippen MR) is 231 cm³/mol. The number of nitrogens with zero attached hydrogens (tertiary/aromatic N) is 5. The Balaban J connectivity index is 1.20. The van der Waals surface area contributed by atoms with Crippen LogP contribution in [0.15, 0.2) is 168 Å². The third-order valence-corrected chi connectivity index (χ3v) is 11.2. The maximum absolute atomic E-state index is 6.69. The van der Waals surface area contributed by atoms with Gasteiger partial charge in [-0.2, -0.15) is 0 Å². The summed E-state index contributed by atoms with van der Waals surface area (Å²) < 4.78 is 8.98. The van der Waals surface area contributed by atoms with Crippen molar-refractivity contribution in [2.75, 3.05) is 9.80 Å². The first-order chi connectivity index (χ1) is 27.4. The number of anilines is 4. The van der Waals surface area contributed by atoms with Crippen LogP contribution in [0.1, 0.15) is 50.4 Å². The summed E-state index contributed by atoms with van der Waals surface area (Å²) in [7, 11) is 0. The Kier molecular flexibility index (Phi) is 8.21. The van der Waals surface area contributed by atoms with E-state index in [9.17, 15) is 0 Å². The topological polar surface area (TPSA) is 50.3 Å². The Morgan fingerprint density at radius 2 is 1.41 bits per heavy atom. The predicted octanol–water partition coefficient (Wildman–Crippen LogP) is 12.8. The molecule has 0 radical (unpaired) electrons. The van der Waals surface area contributed by atoms with E-state index in [0.29, 0.717) is 5.58 Å². The highest BCUT2D eigenvalue weighted by Gasteiger charge is 2.30. The Morgan fingerprint density at radius 1 is 0.696 bits per heavy atom. The van der Waals surface area contributed by atoms with Crippen LogP contribution in [0.25, 0.3) is 44.9 Å². The van der Waals surface area contributed by atoms with Gasteiger partial charge in [-0.15, -0.1) is 0 Å². The molecule has 0 N–H and O–H groups in total. The van der Waals surface area contributed by atoms with E-state index in [0.717, 1.165) is 69.8 Å². The van der Waals surface area contributed by atoms with Crippen molar-refractivity contribution in [3.05, 3.63) is 181 Å². The lowest BCUT2D eigenvalue weighted by Gasteiger charge is -2.35. The number of benzene rings is 5. The number of aromatic nitrogens is 3.